The minimum absolute atomic E-state index is 0.0499. The van der Waals surface area contributed by atoms with Crippen LogP contribution in [-0.2, 0) is 14.4 Å². The quantitative estimate of drug-likeness (QED) is 0.502. The van der Waals surface area contributed by atoms with Gasteiger partial charge < -0.3 is 21.5 Å². The van der Waals surface area contributed by atoms with Gasteiger partial charge in [0.1, 0.15) is 0 Å². The average Bonchev–Trinajstić information content (AvgIpc) is 3.34. The van der Waals surface area contributed by atoms with E-state index in [2.05, 4.69) is 22.8 Å². The summed E-state index contributed by atoms with van der Waals surface area (Å²) in [5.41, 5.74) is 5.41. The highest BCUT2D eigenvalue weighted by Gasteiger charge is 2.33. The Balaban J connectivity index is 0.000000109. The molecule has 2 aliphatic heterocycles. The van der Waals surface area contributed by atoms with E-state index in [0.717, 1.165) is 12.8 Å². The highest BCUT2D eigenvalue weighted by atomic mass is 16.4. The van der Waals surface area contributed by atoms with Crippen molar-refractivity contribution < 1.29 is 19.5 Å². The summed E-state index contributed by atoms with van der Waals surface area (Å²) < 4.78 is 0. The van der Waals surface area contributed by atoms with Crippen molar-refractivity contribution in [3.05, 3.63) is 36.5 Å². The van der Waals surface area contributed by atoms with E-state index in [9.17, 15) is 14.4 Å². The van der Waals surface area contributed by atoms with Gasteiger partial charge in [0.25, 0.3) is 0 Å². The largest absolute Gasteiger partial charge is 0.481 e. The van der Waals surface area contributed by atoms with Crippen molar-refractivity contribution in [2.24, 2.45) is 23.5 Å². The Hall–Kier alpha value is -2.41. The molecule has 2 fully saturated rings. The highest BCUT2D eigenvalue weighted by Crippen LogP contribution is 2.24. The van der Waals surface area contributed by atoms with Crippen molar-refractivity contribution in [2.75, 3.05) is 0 Å². The zero-order valence-electron chi connectivity index (χ0n) is 13.8. The lowest BCUT2D eigenvalue weighted by Gasteiger charge is -2.01. The third kappa shape index (κ3) is 4.17. The Bertz CT molecular complexity index is 617. The number of nitrogens with one attached hydrogen (secondary N) is 2. The molecule has 0 aromatic heterocycles. The molecule has 0 aromatic rings. The average molecular weight is 345 g/mol. The zero-order valence-corrected chi connectivity index (χ0v) is 13.8. The van der Waals surface area contributed by atoms with E-state index in [4.69, 9.17) is 10.8 Å². The first kappa shape index (κ1) is 17.4. The van der Waals surface area contributed by atoms with Gasteiger partial charge in [-0.25, -0.2) is 0 Å². The van der Waals surface area contributed by atoms with Crippen molar-refractivity contribution in [2.45, 2.75) is 37.4 Å². The molecule has 5 rings (SSSR count). The maximum Gasteiger partial charge on any atom is 0.310 e. The maximum absolute atomic E-state index is 10.7. The Morgan fingerprint density at radius 3 is 1.56 bits per heavy atom. The SMILES string of the molecule is NC1C=CC(C(=O)O)C1.O=C1NC2C=CC1C2.O=C1NC2C=CC1C2. The van der Waals surface area contributed by atoms with Gasteiger partial charge in [0.15, 0.2) is 0 Å². The van der Waals surface area contributed by atoms with E-state index in [-0.39, 0.29) is 35.6 Å². The van der Waals surface area contributed by atoms with Crippen LogP contribution in [0.2, 0.25) is 0 Å². The molecule has 0 aromatic carbocycles. The molecule has 2 saturated heterocycles. The van der Waals surface area contributed by atoms with Gasteiger partial charge in [-0.3, -0.25) is 14.4 Å². The number of nitrogens with two attached hydrogens (primary N) is 1. The first-order valence-electron chi connectivity index (χ1n) is 8.56. The molecule has 0 radical (unpaired) electrons. The number of hydrogen-bond donors (Lipinski definition) is 4. The van der Waals surface area contributed by atoms with Gasteiger partial charge in [0.05, 0.1) is 17.8 Å². The summed E-state index contributed by atoms with van der Waals surface area (Å²) >= 11 is 0. The summed E-state index contributed by atoms with van der Waals surface area (Å²) in [5, 5.41) is 14.1. The monoisotopic (exact) mass is 345 g/mol. The summed E-state index contributed by atoms with van der Waals surface area (Å²) in [4.78, 5) is 31.6. The Morgan fingerprint density at radius 2 is 1.40 bits per heavy atom. The van der Waals surface area contributed by atoms with Crippen LogP contribution in [0.5, 0.6) is 0 Å². The predicted octanol–water partition coefficient (Wildman–Crippen LogP) is 0.0962. The molecule has 2 heterocycles. The van der Waals surface area contributed by atoms with Gasteiger partial charge in [-0.05, 0) is 19.3 Å². The van der Waals surface area contributed by atoms with Crippen LogP contribution in [0.15, 0.2) is 36.5 Å². The zero-order chi connectivity index (χ0) is 18.0. The van der Waals surface area contributed by atoms with Gasteiger partial charge in [-0.1, -0.05) is 36.5 Å². The van der Waals surface area contributed by atoms with Crippen LogP contribution in [-0.4, -0.2) is 41.0 Å². The van der Waals surface area contributed by atoms with Crippen molar-refractivity contribution in [3.63, 3.8) is 0 Å². The molecule has 3 aliphatic carbocycles. The number of amides is 2. The molecule has 5 aliphatic rings. The molecule has 5 N–H and O–H groups in total. The van der Waals surface area contributed by atoms with E-state index in [0.29, 0.717) is 18.5 Å². The lowest BCUT2D eigenvalue weighted by atomic mass is 10.1. The molecular weight excluding hydrogens is 322 g/mol. The highest BCUT2D eigenvalue weighted by molar-refractivity contribution is 5.85. The van der Waals surface area contributed by atoms with Gasteiger partial charge >= 0.3 is 5.97 Å². The standard InChI is InChI=1S/C6H9NO2.2C6H7NO/c7-5-2-1-4(3-5)6(8)9;2*8-6-4-1-2-5(3-4)7-6/h1-2,4-5H,3,7H2,(H,8,9);2*1-2,4-5H,3H2,(H,7,8). The fourth-order valence-corrected chi connectivity index (χ4v) is 3.49. The van der Waals surface area contributed by atoms with Crippen LogP contribution >= 0.6 is 0 Å². The fraction of sp³-hybridized carbons (Fsp3) is 0.500. The van der Waals surface area contributed by atoms with Crippen molar-refractivity contribution >= 4 is 17.8 Å². The van der Waals surface area contributed by atoms with E-state index in [1.54, 1.807) is 12.2 Å². The molecular formula is C18H23N3O4. The van der Waals surface area contributed by atoms with Gasteiger partial charge in [-0.15, -0.1) is 0 Å². The van der Waals surface area contributed by atoms with E-state index < -0.39 is 5.97 Å². The smallest absolute Gasteiger partial charge is 0.310 e. The minimum atomic E-state index is -0.779. The van der Waals surface area contributed by atoms with Crippen molar-refractivity contribution in [1.29, 1.82) is 0 Å². The first-order chi connectivity index (χ1) is 11.9. The minimum Gasteiger partial charge on any atom is -0.481 e. The summed E-state index contributed by atoms with van der Waals surface area (Å²) in [6, 6.07) is 0.686. The maximum atomic E-state index is 10.7. The third-order valence-electron chi connectivity index (χ3n) is 4.93. The van der Waals surface area contributed by atoms with Gasteiger partial charge in [0.2, 0.25) is 11.8 Å². The Kier molecular flexibility index (Phi) is 5.03. The van der Waals surface area contributed by atoms with Crippen molar-refractivity contribution in [1.82, 2.24) is 10.6 Å². The van der Waals surface area contributed by atoms with Crippen LogP contribution in [0, 0.1) is 17.8 Å². The molecule has 6 atom stereocenters. The summed E-state index contributed by atoms with van der Waals surface area (Å²) in [5.74, 6) is -0.297. The molecule has 25 heavy (non-hydrogen) atoms. The molecule has 6 unspecified atom stereocenters. The van der Waals surface area contributed by atoms with Crippen LogP contribution in [0.1, 0.15) is 19.3 Å². The number of carbonyl (C=O) groups excluding carboxylic acids is 2. The summed E-state index contributed by atoms with van der Waals surface area (Å²) in [7, 11) is 0. The molecule has 4 bridgehead atoms. The second-order valence-electron chi connectivity index (χ2n) is 6.91. The van der Waals surface area contributed by atoms with Crippen LogP contribution in [0.4, 0.5) is 0 Å². The molecule has 134 valence electrons. The molecule has 7 heteroatoms. The van der Waals surface area contributed by atoms with E-state index >= 15 is 0 Å². The Morgan fingerprint density at radius 1 is 0.880 bits per heavy atom. The number of carbonyl (C=O) groups is 3. The summed E-state index contributed by atoms with van der Waals surface area (Å²) in [6.07, 6.45) is 14.0. The second kappa shape index (κ2) is 7.23. The van der Waals surface area contributed by atoms with E-state index in [1.165, 1.54) is 0 Å². The number of rotatable bonds is 1. The number of carboxylic acid groups (broad SMARTS) is 1. The number of hydrogen-bond acceptors (Lipinski definition) is 4. The van der Waals surface area contributed by atoms with Crippen molar-refractivity contribution in [3.8, 4) is 0 Å². The summed E-state index contributed by atoms with van der Waals surface area (Å²) in [6.45, 7) is 0. The van der Waals surface area contributed by atoms with Gasteiger partial charge in [0, 0.05) is 18.1 Å². The predicted molar refractivity (Wildman–Crippen MR) is 91.2 cm³/mol. The first-order valence-corrected chi connectivity index (χ1v) is 8.56. The molecule has 2 amide bonds. The number of fused-ring (bicyclic) bond motifs is 4. The third-order valence-corrected chi connectivity index (χ3v) is 4.93. The topological polar surface area (TPSA) is 122 Å². The van der Waals surface area contributed by atoms with Crippen LogP contribution < -0.4 is 16.4 Å². The fourth-order valence-electron chi connectivity index (χ4n) is 3.49. The number of aliphatic carboxylic acids is 1. The molecule has 7 nitrogen and oxygen atoms in total. The van der Waals surface area contributed by atoms with E-state index in [1.807, 2.05) is 12.2 Å². The van der Waals surface area contributed by atoms with Crippen LogP contribution in [0.25, 0.3) is 0 Å². The lowest BCUT2D eigenvalue weighted by Crippen LogP contribution is -2.26. The normalized spacial score (nSPS) is 38.0. The lowest BCUT2D eigenvalue weighted by molar-refractivity contribution is -0.140. The number of carboxylic acids is 1. The molecule has 0 spiro atoms. The second-order valence-corrected chi connectivity index (χ2v) is 6.91. The van der Waals surface area contributed by atoms with Gasteiger partial charge in [-0.2, -0.15) is 0 Å². The molecule has 0 saturated carbocycles. The Labute approximate surface area is 146 Å². The van der Waals surface area contributed by atoms with Crippen LogP contribution in [0.3, 0.4) is 0 Å².